The number of anilines is 1. The van der Waals surface area contributed by atoms with Crippen LogP contribution >= 0.6 is 0 Å². The van der Waals surface area contributed by atoms with Gasteiger partial charge in [-0.1, -0.05) is 30.3 Å². The smallest absolute Gasteiger partial charge is 0.229 e. The van der Waals surface area contributed by atoms with Crippen LogP contribution in [0, 0.1) is 13.8 Å². The van der Waals surface area contributed by atoms with Crippen molar-refractivity contribution in [1.82, 2.24) is 4.90 Å². The molecule has 27 heavy (non-hydrogen) atoms. The number of likely N-dealkylation sites (N-methyl/N-ethyl adjacent to an activating group) is 1. The molecule has 0 aromatic heterocycles. The molecule has 6 heteroatoms. The van der Waals surface area contributed by atoms with Crippen LogP contribution in [0.25, 0.3) is 0 Å². The highest BCUT2D eigenvalue weighted by Crippen LogP contribution is 2.22. The molecule has 0 fully saturated rings. The Balaban J connectivity index is 1.83. The minimum atomic E-state index is -3.23. The third kappa shape index (κ3) is 6.88. The Morgan fingerprint density at radius 1 is 1.07 bits per heavy atom. The maximum atomic E-state index is 11.3. The number of para-hydroxylation sites is 1. The Labute approximate surface area is 163 Å². The minimum Gasteiger partial charge on any atom is -0.491 e. The zero-order valence-corrected chi connectivity index (χ0v) is 17.6. The summed E-state index contributed by atoms with van der Waals surface area (Å²) in [5, 5.41) is 0. The summed E-state index contributed by atoms with van der Waals surface area (Å²) in [5.41, 5.74) is 4.08. The van der Waals surface area contributed by atoms with Gasteiger partial charge in [-0.15, -0.1) is 0 Å². The lowest BCUT2D eigenvalue weighted by atomic mass is 10.1. The zero-order chi connectivity index (χ0) is 20.0. The number of benzene rings is 2. The van der Waals surface area contributed by atoms with Gasteiger partial charge in [-0.05, 0) is 63.1 Å². The van der Waals surface area contributed by atoms with E-state index in [0.717, 1.165) is 36.1 Å². The molecule has 0 heterocycles. The van der Waals surface area contributed by atoms with Gasteiger partial charge in [0.1, 0.15) is 12.4 Å². The summed E-state index contributed by atoms with van der Waals surface area (Å²) in [4.78, 5) is 2.27. The van der Waals surface area contributed by atoms with Gasteiger partial charge in [-0.25, -0.2) is 8.42 Å². The second-order valence-electron chi connectivity index (χ2n) is 7.18. The first-order valence-electron chi connectivity index (χ1n) is 9.11. The van der Waals surface area contributed by atoms with Crippen molar-refractivity contribution >= 4 is 15.7 Å². The normalized spacial score (nSPS) is 12.8. The number of sulfonamides is 1. The highest BCUT2D eigenvalue weighted by atomic mass is 32.2. The molecule has 2 aromatic rings. The number of aryl methyl sites for hydroxylation is 2. The lowest BCUT2D eigenvalue weighted by Crippen LogP contribution is -2.35. The van der Waals surface area contributed by atoms with Crippen LogP contribution in [0.1, 0.15) is 23.6 Å². The fourth-order valence-corrected chi connectivity index (χ4v) is 3.40. The van der Waals surface area contributed by atoms with Crippen LogP contribution in [0.3, 0.4) is 0 Å². The summed E-state index contributed by atoms with van der Waals surface area (Å²) < 4.78 is 31.0. The number of hydrogen-bond donors (Lipinski definition) is 1. The van der Waals surface area contributed by atoms with Gasteiger partial charge in [-0.3, -0.25) is 9.62 Å². The van der Waals surface area contributed by atoms with Gasteiger partial charge in [-0.2, -0.15) is 0 Å². The van der Waals surface area contributed by atoms with Crippen molar-refractivity contribution < 1.29 is 13.2 Å². The topological polar surface area (TPSA) is 58.6 Å². The summed E-state index contributed by atoms with van der Waals surface area (Å²) in [6.45, 7) is 7.83. The van der Waals surface area contributed by atoms with Crippen molar-refractivity contribution in [3.8, 4) is 5.75 Å². The van der Waals surface area contributed by atoms with Crippen LogP contribution in [0.15, 0.2) is 42.5 Å². The van der Waals surface area contributed by atoms with Crippen molar-refractivity contribution in [1.29, 1.82) is 0 Å². The van der Waals surface area contributed by atoms with Gasteiger partial charge in [0.15, 0.2) is 0 Å². The second kappa shape index (κ2) is 9.24. The van der Waals surface area contributed by atoms with Crippen molar-refractivity contribution in [2.24, 2.45) is 0 Å². The van der Waals surface area contributed by atoms with Gasteiger partial charge in [0.25, 0.3) is 0 Å². The second-order valence-corrected chi connectivity index (χ2v) is 8.93. The summed E-state index contributed by atoms with van der Waals surface area (Å²) >= 11 is 0. The average molecular weight is 391 g/mol. The monoisotopic (exact) mass is 390 g/mol. The molecule has 1 atom stereocenters. The fourth-order valence-electron chi connectivity index (χ4n) is 2.84. The lowest BCUT2D eigenvalue weighted by molar-refractivity contribution is 0.173. The zero-order valence-electron chi connectivity index (χ0n) is 16.8. The molecular formula is C21H30N2O3S. The van der Waals surface area contributed by atoms with Gasteiger partial charge in [0, 0.05) is 18.3 Å². The van der Waals surface area contributed by atoms with Gasteiger partial charge in [0.05, 0.1) is 6.26 Å². The van der Waals surface area contributed by atoms with Crippen LogP contribution in [-0.4, -0.2) is 45.8 Å². The van der Waals surface area contributed by atoms with E-state index in [9.17, 15) is 8.42 Å². The van der Waals surface area contributed by atoms with E-state index in [0.29, 0.717) is 12.3 Å². The van der Waals surface area contributed by atoms with E-state index in [1.54, 1.807) is 12.1 Å². The van der Waals surface area contributed by atoms with Gasteiger partial charge < -0.3 is 4.74 Å². The largest absolute Gasteiger partial charge is 0.491 e. The van der Waals surface area contributed by atoms with Gasteiger partial charge >= 0.3 is 0 Å². The molecule has 2 aromatic carbocycles. The average Bonchev–Trinajstić information content (AvgIpc) is 2.59. The molecule has 148 valence electrons. The molecule has 0 saturated carbocycles. The maximum Gasteiger partial charge on any atom is 0.229 e. The molecular weight excluding hydrogens is 360 g/mol. The van der Waals surface area contributed by atoms with Crippen LogP contribution in [0.2, 0.25) is 0 Å². The first kappa shape index (κ1) is 21.3. The maximum absolute atomic E-state index is 11.3. The fraction of sp³-hybridized carbons (Fsp3) is 0.429. The van der Waals surface area contributed by atoms with E-state index < -0.39 is 10.0 Å². The standard InChI is InChI=1S/C21H30N2O3S/c1-16-7-6-8-17(2)21(16)26-15-18(3)23(4)14-13-19-9-11-20(12-10-19)22-27(5,24)25/h6-12,18,22H,13-15H2,1-5H3/t18-/m0/s1. The Hall–Kier alpha value is -2.05. The molecule has 0 aliphatic carbocycles. The number of nitrogens with one attached hydrogen (secondary N) is 1. The van der Waals surface area contributed by atoms with Crippen molar-refractivity contribution in [3.63, 3.8) is 0 Å². The van der Waals surface area contributed by atoms with Crippen LogP contribution in [0.4, 0.5) is 5.69 Å². The molecule has 0 radical (unpaired) electrons. The third-order valence-electron chi connectivity index (χ3n) is 4.64. The molecule has 1 N–H and O–H groups in total. The Morgan fingerprint density at radius 3 is 2.22 bits per heavy atom. The number of nitrogens with zero attached hydrogens (tertiary/aromatic N) is 1. The molecule has 0 bridgehead atoms. The molecule has 0 saturated heterocycles. The van der Waals surface area contributed by atoms with E-state index in [4.69, 9.17) is 4.74 Å². The SMILES string of the molecule is Cc1cccc(C)c1OC[C@H](C)N(C)CCc1ccc(NS(C)(=O)=O)cc1. The van der Waals surface area contributed by atoms with E-state index >= 15 is 0 Å². The molecule has 0 spiro atoms. The number of rotatable bonds is 9. The van der Waals surface area contributed by atoms with Crippen LogP contribution in [-0.2, 0) is 16.4 Å². The van der Waals surface area contributed by atoms with Crippen molar-refractivity contribution in [2.45, 2.75) is 33.2 Å². The Bertz CT molecular complexity index is 828. The predicted molar refractivity (Wildman–Crippen MR) is 112 cm³/mol. The third-order valence-corrected chi connectivity index (χ3v) is 5.25. The Morgan fingerprint density at radius 2 is 1.67 bits per heavy atom. The molecule has 0 aliphatic rings. The quantitative estimate of drug-likeness (QED) is 0.710. The number of hydrogen-bond acceptors (Lipinski definition) is 4. The predicted octanol–water partition coefficient (Wildman–Crippen LogP) is 3.62. The van der Waals surface area contributed by atoms with Crippen LogP contribution in [0.5, 0.6) is 5.75 Å². The van der Waals surface area contributed by atoms with E-state index in [-0.39, 0.29) is 6.04 Å². The summed E-state index contributed by atoms with van der Waals surface area (Å²) in [6.07, 6.45) is 2.04. The Kier molecular flexibility index (Phi) is 7.27. The van der Waals surface area contributed by atoms with E-state index in [1.165, 1.54) is 5.56 Å². The molecule has 0 amide bonds. The molecule has 5 nitrogen and oxygen atoms in total. The molecule has 2 rings (SSSR count). The number of ether oxygens (including phenoxy) is 1. The summed E-state index contributed by atoms with van der Waals surface area (Å²) in [6, 6.07) is 14.0. The van der Waals surface area contributed by atoms with Crippen molar-refractivity contribution in [2.75, 3.05) is 31.2 Å². The van der Waals surface area contributed by atoms with Crippen molar-refractivity contribution in [3.05, 3.63) is 59.2 Å². The summed E-state index contributed by atoms with van der Waals surface area (Å²) in [7, 11) is -1.14. The van der Waals surface area contributed by atoms with Gasteiger partial charge in [0.2, 0.25) is 10.0 Å². The van der Waals surface area contributed by atoms with E-state index in [1.807, 2.05) is 18.2 Å². The lowest BCUT2D eigenvalue weighted by Gasteiger charge is -2.25. The van der Waals surface area contributed by atoms with Crippen LogP contribution < -0.4 is 9.46 Å². The molecule has 0 unspecified atom stereocenters. The highest BCUT2D eigenvalue weighted by Gasteiger charge is 2.12. The highest BCUT2D eigenvalue weighted by molar-refractivity contribution is 7.92. The minimum absolute atomic E-state index is 0.287. The first-order valence-corrected chi connectivity index (χ1v) is 11.0. The first-order chi connectivity index (χ1) is 12.7. The molecule has 0 aliphatic heterocycles. The summed E-state index contributed by atoms with van der Waals surface area (Å²) in [5.74, 6) is 0.978. The van der Waals surface area contributed by atoms with E-state index in [2.05, 4.69) is 49.6 Å².